The maximum atomic E-state index is 4.24. The largest absolute Gasteiger partial charge is 0.373 e. The molecule has 1 heterocycles. The Hall–Kier alpha value is -1.64. The standard InChI is InChI=1S/C12H15N3/c1-3-4-9-5-6-11-10(7-9)12(13-2)15-8-14-11/h5-8H,3-4H2,1-2H3,(H,13,14,15). The number of anilines is 1. The van der Waals surface area contributed by atoms with Gasteiger partial charge in [-0.15, -0.1) is 0 Å². The van der Waals surface area contributed by atoms with Crippen LogP contribution in [-0.4, -0.2) is 17.0 Å². The van der Waals surface area contributed by atoms with Crippen LogP contribution in [0.3, 0.4) is 0 Å². The van der Waals surface area contributed by atoms with E-state index in [1.54, 1.807) is 6.33 Å². The highest BCUT2D eigenvalue weighted by molar-refractivity contribution is 5.89. The zero-order valence-electron chi connectivity index (χ0n) is 9.12. The van der Waals surface area contributed by atoms with Crippen molar-refractivity contribution < 1.29 is 0 Å². The fourth-order valence-electron chi connectivity index (χ4n) is 1.75. The van der Waals surface area contributed by atoms with Crippen molar-refractivity contribution >= 4 is 16.7 Å². The van der Waals surface area contributed by atoms with E-state index in [-0.39, 0.29) is 0 Å². The summed E-state index contributed by atoms with van der Waals surface area (Å²) >= 11 is 0. The number of hydrogen-bond donors (Lipinski definition) is 1. The van der Waals surface area contributed by atoms with Gasteiger partial charge in [0.2, 0.25) is 0 Å². The van der Waals surface area contributed by atoms with E-state index in [2.05, 4.69) is 40.4 Å². The zero-order chi connectivity index (χ0) is 10.7. The lowest BCUT2D eigenvalue weighted by molar-refractivity contribution is 0.923. The van der Waals surface area contributed by atoms with Gasteiger partial charge in [0.15, 0.2) is 0 Å². The Morgan fingerprint density at radius 1 is 1.27 bits per heavy atom. The lowest BCUT2D eigenvalue weighted by atomic mass is 10.1. The van der Waals surface area contributed by atoms with Crippen LogP contribution in [0, 0.1) is 0 Å². The van der Waals surface area contributed by atoms with Crippen LogP contribution in [0.2, 0.25) is 0 Å². The molecule has 1 aromatic carbocycles. The molecule has 0 bridgehead atoms. The predicted molar refractivity (Wildman–Crippen MR) is 63.1 cm³/mol. The third-order valence-electron chi connectivity index (χ3n) is 2.48. The van der Waals surface area contributed by atoms with Crippen molar-refractivity contribution in [2.75, 3.05) is 12.4 Å². The number of nitrogens with one attached hydrogen (secondary N) is 1. The smallest absolute Gasteiger partial charge is 0.137 e. The van der Waals surface area contributed by atoms with E-state index in [1.807, 2.05) is 7.05 Å². The minimum absolute atomic E-state index is 0.901. The lowest BCUT2D eigenvalue weighted by Gasteiger charge is -2.05. The van der Waals surface area contributed by atoms with Crippen molar-refractivity contribution in [3.05, 3.63) is 30.1 Å². The Labute approximate surface area is 89.6 Å². The van der Waals surface area contributed by atoms with Crippen molar-refractivity contribution in [2.45, 2.75) is 19.8 Å². The summed E-state index contributed by atoms with van der Waals surface area (Å²) in [5, 5.41) is 4.19. The van der Waals surface area contributed by atoms with Gasteiger partial charge in [-0.2, -0.15) is 0 Å². The first-order valence-corrected chi connectivity index (χ1v) is 5.26. The van der Waals surface area contributed by atoms with Crippen molar-refractivity contribution in [3.8, 4) is 0 Å². The maximum Gasteiger partial charge on any atom is 0.137 e. The average Bonchev–Trinajstić information content (AvgIpc) is 2.28. The van der Waals surface area contributed by atoms with Crippen molar-refractivity contribution in [1.82, 2.24) is 9.97 Å². The van der Waals surface area contributed by atoms with Crippen LogP contribution in [0.25, 0.3) is 10.9 Å². The van der Waals surface area contributed by atoms with Crippen molar-refractivity contribution in [3.63, 3.8) is 0 Å². The van der Waals surface area contributed by atoms with Gasteiger partial charge in [-0.3, -0.25) is 0 Å². The molecule has 0 amide bonds. The van der Waals surface area contributed by atoms with Gasteiger partial charge in [-0.25, -0.2) is 9.97 Å². The number of nitrogens with zero attached hydrogens (tertiary/aromatic N) is 2. The Bertz CT molecular complexity index is 465. The molecular weight excluding hydrogens is 186 g/mol. The van der Waals surface area contributed by atoms with E-state index in [0.29, 0.717) is 0 Å². The normalized spacial score (nSPS) is 10.5. The molecule has 0 fully saturated rings. The fraction of sp³-hybridized carbons (Fsp3) is 0.333. The third-order valence-corrected chi connectivity index (χ3v) is 2.48. The van der Waals surface area contributed by atoms with E-state index < -0.39 is 0 Å². The molecule has 0 saturated heterocycles. The number of benzene rings is 1. The van der Waals surface area contributed by atoms with Gasteiger partial charge >= 0.3 is 0 Å². The van der Waals surface area contributed by atoms with Crippen LogP contribution in [0.4, 0.5) is 5.82 Å². The lowest BCUT2D eigenvalue weighted by Crippen LogP contribution is -1.95. The molecule has 0 radical (unpaired) electrons. The van der Waals surface area contributed by atoms with E-state index in [4.69, 9.17) is 0 Å². The summed E-state index contributed by atoms with van der Waals surface area (Å²) < 4.78 is 0. The summed E-state index contributed by atoms with van der Waals surface area (Å²) in [5.41, 5.74) is 2.34. The molecule has 0 aliphatic rings. The first-order chi connectivity index (χ1) is 7.35. The number of rotatable bonds is 3. The minimum Gasteiger partial charge on any atom is -0.373 e. The van der Waals surface area contributed by atoms with E-state index in [1.165, 1.54) is 5.56 Å². The minimum atomic E-state index is 0.901. The zero-order valence-corrected chi connectivity index (χ0v) is 9.12. The Balaban J connectivity index is 2.57. The molecule has 0 saturated carbocycles. The van der Waals surface area contributed by atoms with Gasteiger partial charge in [0.1, 0.15) is 12.1 Å². The van der Waals surface area contributed by atoms with Crippen LogP contribution in [0.5, 0.6) is 0 Å². The number of fused-ring (bicyclic) bond motifs is 1. The van der Waals surface area contributed by atoms with Gasteiger partial charge in [0.05, 0.1) is 5.52 Å². The summed E-state index contributed by atoms with van der Waals surface area (Å²) in [6.45, 7) is 2.19. The maximum absolute atomic E-state index is 4.24. The van der Waals surface area contributed by atoms with Crippen LogP contribution < -0.4 is 5.32 Å². The van der Waals surface area contributed by atoms with Crippen LogP contribution in [-0.2, 0) is 6.42 Å². The summed E-state index contributed by atoms with van der Waals surface area (Å²) in [7, 11) is 1.88. The van der Waals surface area contributed by atoms with E-state index >= 15 is 0 Å². The van der Waals surface area contributed by atoms with Gasteiger partial charge < -0.3 is 5.32 Å². The summed E-state index contributed by atoms with van der Waals surface area (Å²) in [6, 6.07) is 6.37. The van der Waals surface area contributed by atoms with Crippen LogP contribution in [0.1, 0.15) is 18.9 Å². The highest BCUT2D eigenvalue weighted by Crippen LogP contribution is 2.20. The fourth-order valence-corrected chi connectivity index (χ4v) is 1.75. The van der Waals surface area contributed by atoms with Gasteiger partial charge in [-0.05, 0) is 24.1 Å². The molecule has 0 aliphatic carbocycles. The van der Waals surface area contributed by atoms with E-state index in [9.17, 15) is 0 Å². The third kappa shape index (κ3) is 1.91. The predicted octanol–water partition coefficient (Wildman–Crippen LogP) is 2.62. The first-order valence-electron chi connectivity index (χ1n) is 5.26. The number of hydrogen-bond acceptors (Lipinski definition) is 3. The molecular formula is C12H15N3. The highest BCUT2D eigenvalue weighted by atomic mass is 15.0. The number of aryl methyl sites for hydroxylation is 1. The molecule has 1 aromatic heterocycles. The van der Waals surface area contributed by atoms with E-state index in [0.717, 1.165) is 29.6 Å². The summed E-state index contributed by atoms with van der Waals surface area (Å²) in [4.78, 5) is 8.44. The monoisotopic (exact) mass is 201 g/mol. The van der Waals surface area contributed by atoms with Gasteiger partial charge in [-0.1, -0.05) is 19.4 Å². The van der Waals surface area contributed by atoms with Crippen molar-refractivity contribution in [1.29, 1.82) is 0 Å². The topological polar surface area (TPSA) is 37.8 Å². The second-order valence-corrected chi connectivity index (χ2v) is 3.57. The molecule has 0 atom stereocenters. The molecule has 3 nitrogen and oxygen atoms in total. The van der Waals surface area contributed by atoms with Crippen LogP contribution >= 0.6 is 0 Å². The second kappa shape index (κ2) is 4.26. The molecule has 3 heteroatoms. The molecule has 0 unspecified atom stereocenters. The Morgan fingerprint density at radius 2 is 2.13 bits per heavy atom. The summed E-state index contributed by atoms with van der Waals surface area (Å²) in [5.74, 6) is 0.901. The average molecular weight is 201 g/mol. The Morgan fingerprint density at radius 3 is 2.87 bits per heavy atom. The van der Waals surface area contributed by atoms with Crippen LogP contribution in [0.15, 0.2) is 24.5 Å². The molecule has 2 aromatic rings. The molecule has 78 valence electrons. The first kappa shape index (κ1) is 9.90. The molecule has 0 spiro atoms. The quantitative estimate of drug-likeness (QED) is 0.829. The SMILES string of the molecule is CCCc1ccc2ncnc(NC)c2c1. The molecule has 0 aliphatic heterocycles. The second-order valence-electron chi connectivity index (χ2n) is 3.57. The molecule has 15 heavy (non-hydrogen) atoms. The van der Waals surface area contributed by atoms with Gasteiger partial charge in [0, 0.05) is 12.4 Å². The molecule has 2 rings (SSSR count). The highest BCUT2D eigenvalue weighted by Gasteiger charge is 2.02. The summed E-state index contributed by atoms with van der Waals surface area (Å²) in [6.07, 6.45) is 3.86. The van der Waals surface area contributed by atoms with Crippen molar-refractivity contribution in [2.24, 2.45) is 0 Å². The molecule has 1 N–H and O–H groups in total. The number of aromatic nitrogens is 2. The Kier molecular flexibility index (Phi) is 2.81. The van der Waals surface area contributed by atoms with Gasteiger partial charge in [0.25, 0.3) is 0 Å².